The van der Waals surface area contributed by atoms with Crippen LogP contribution in [0.5, 0.6) is 5.75 Å². The van der Waals surface area contributed by atoms with Gasteiger partial charge in [0, 0.05) is 11.0 Å². The lowest BCUT2D eigenvalue weighted by Gasteiger charge is -2.10. The minimum absolute atomic E-state index is 0.319. The zero-order valence-electron chi connectivity index (χ0n) is 10.8. The second-order valence-corrected chi connectivity index (χ2v) is 5.04. The molecule has 0 saturated carbocycles. The van der Waals surface area contributed by atoms with Crippen molar-refractivity contribution in [3.05, 3.63) is 57.8 Å². The van der Waals surface area contributed by atoms with E-state index >= 15 is 0 Å². The summed E-state index contributed by atoms with van der Waals surface area (Å²) in [6.07, 6.45) is 0. The second kappa shape index (κ2) is 6.40. The Labute approximate surface area is 125 Å². The average molecular weight is 335 g/mol. The maximum atomic E-state index is 13.7. The van der Waals surface area contributed by atoms with Crippen LogP contribution < -0.4 is 10.1 Å². The van der Waals surface area contributed by atoms with Crippen LogP contribution in [0.4, 0.5) is 10.1 Å². The second-order valence-electron chi connectivity index (χ2n) is 4.12. The minimum Gasteiger partial charge on any atom is -0.495 e. The molecule has 0 atom stereocenters. The molecule has 0 spiro atoms. The molecular formula is C15H12BrFN2O. The molecule has 0 aliphatic carbocycles. The van der Waals surface area contributed by atoms with E-state index in [9.17, 15) is 4.39 Å². The molecule has 102 valence electrons. The Kier molecular flexibility index (Phi) is 4.59. The first-order chi connectivity index (χ1) is 9.63. The number of halogens is 2. The number of hydrogen-bond acceptors (Lipinski definition) is 3. The van der Waals surface area contributed by atoms with Crippen LogP contribution in [0.1, 0.15) is 11.1 Å². The monoisotopic (exact) mass is 334 g/mol. The number of ether oxygens (including phenoxy) is 1. The lowest BCUT2D eigenvalue weighted by molar-refractivity contribution is 0.413. The molecule has 2 aromatic rings. The standard InChI is InChI=1S/C15H12BrFN2O/c1-20-15-6-10(2-3-11(15)8-18)9-19-14-5-4-12(16)7-13(14)17/h2-7,19H,9H2,1H3. The highest BCUT2D eigenvalue weighted by Gasteiger charge is 2.05. The largest absolute Gasteiger partial charge is 0.495 e. The van der Waals surface area contributed by atoms with Gasteiger partial charge in [-0.2, -0.15) is 5.26 Å². The van der Waals surface area contributed by atoms with Crippen LogP contribution in [-0.4, -0.2) is 7.11 Å². The number of hydrogen-bond donors (Lipinski definition) is 1. The number of nitrogens with zero attached hydrogens (tertiary/aromatic N) is 1. The molecule has 0 aliphatic rings. The number of rotatable bonds is 4. The Morgan fingerprint density at radius 3 is 2.75 bits per heavy atom. The quantitative estimate of drug-likeness (QED) is 0.916. The molecule has 3 nitrogen and oxygen atoms in total. The van der Waals surface area contributed by atoms with E-state index in [2.05, 4.69) is 27.3 Å². The SMILES string of the molecule is COc1cc(CNc2ccc(Br)cc2F)ccc1C#N. The van der Waals surface area contributed by atoms with Crippen LogP contribution >= 0.6 is 15.9 Å². The first kappa shape index (κ1) is 14.4. The molecule has 0 radical (unpaired) electrons. The van der Waals surface area contributed by atoms with Crippen molar-refractivity contribution < 1.29 is 9.13 Å². The van der Waals surface area contributed by atoms with E-state index in [1.165, 1.54) is 13.2 Å². The van der Waals surface area contributed by atoms with E-state index in [0.29, 0.717) is 28.0 Å². The molecule has 0 bridgehead atoms. The zero-order valence-corrected chi connectivity index (χ0v) is 12.4. The Balaban J connectivity index is 2.13. The molecule has 2 rings (SSSR count). The highest BCUT2D eigenvalue weighted by molar-refractivity contribution is 9.10. The van der Waals surface area contributed by atoms with Gasteiger partial charge >= 0.3 is 0 Å². The molecular weight excluding hydrogens is 323 g/mol. The number of anilines is 1. The van der Waals surface area contributed by atoms with Gasteiger partial charge in [0.2, 0.25) is 0 Å². The van der Waals surface area contributed by atoms with Crippen molar-refractivity contribution in [1.29, 1.82) is 5.26 Å². The summed E-state index contributed by atoms with van der Waals surface area (Å²) in [4.78, 5) is 0. The molecule has 0 amide bonds. The van der Waals surface area contributed by atoms with Gasteiger partial charge in [0.05, 0.1) is 18.4 Å². The number of nitriles is 1. The van der Waals surface area contributed by atoms with E-state index in [4.69, 9.17) is 10.00 Å². The van der Waals surface area contributed by atoms with Crippen molar-refractivity contribution >= 4 is 21.6 Å². The van der Waals surface area contributed by atoms with Gasteiger partial charge in [0.25, 0.3) is 0 Å². The van der Waals surface area contributed by atoms with Crippen molar-refractivity contribution in [3.8, 4) is 11.8 Å². The molecule has 0 aromatic heterocycles. The number of benzene rings is 2. The maximum absolute atomic E-state index is 13.7. The summed E-state index contributed by atoms with van der Waals surface area (Å²) in [5, 5.41) is 11.9. The van der Waals surface area contributed by atoms with Gasteiger partial charge < -0.3 is 10.1 Å². The van der Waals surface area contributed by atoms with Crippen molar-refractivity contribution in [1.82, 2.24) is 0 Å². The van der Waals surface area contributed by atoms with Gasteiger partial charge in [-0.15, -0.1) is 0 Å². The molecule has 2 aromatic carbocycles. The highest BCUT2D eigenvalue weighted by atomic mass is 79.9. The van der Waals surface area contributed by atoms with Gasteiger partial charge in [-0.3, -0.25) is 0 Å². The predicted octanol–water partition coefficient (Wildman–Crippen LogP) is 4.08. The predicted molar refractivity (Wildman–Crippen MR) is 79.1 cm³/mol. The van der Waals surface area contributed by atoms with Gasteiger partial charge in [-0.05, 0) is 35.9 Å². The third-order valence-electron chi connectivity index (χ3n) is 2.80. The van der Waals surface area contributed by atoms with Crippen LogP contribution in [0, 0.1) is 17.1 Å². The fourth-order valence-electron chi connectivity index (χ4n) is 1.77. The minimum atomic E-state index is -0.319. The Bertz CT molecular complexity index is 667. The van der Waals surface area contributed by atoms with Gasteiger partial charge in [-0.1, -0.05) is 22.0 Å². The first-order valence-electron chi connectivity index (χ1n) is 5.90. The zero-order chi connectivity index (χ0) is 14.5. The highest BCUT2D eigenvalue weighted by Crippen LogP contribution is 2.22. The summed E-state index contributed by atoms with van der Waals surface area (Å²) < 4.78 is 19.5. The van der Waals surface area contributed by atoms with Gasteiger partial charge in [-0.25, -0.2) is 4.39 Å². The van der Waals surface area contributed by atoms with Crippen LogP contribution in [0.15, 0.2) is 40.9 Å². The van der Waals surface area contributed by atoms with Crippen molar-refractivity contribution in [3.63, 3.8) is 0 Å². The van der Waals surface area contributed by atoms with Crippen molar-refractivity contribution in [2.45, 2.75) is 6.54 Å². The van der Waals surface area contributed by atoms with Crippen LogP contribution in [-0.2, 0) is 6.54 Å². The van der Waals surface area contributed by atoms with E-state index in [0.717, 1.165) is 5.56 Å². The topological polar surface area (TPSA) is 45.0 Å². The summed E-state index contributed by atoms with van der Waals surface area (Å²) in [5.74, 6) is 0.197. The summed E-state index contributed by atoms with van der Waals surface area (Å²) in [7, 11) is 1.52. The van der Waals surface area contributed by atoms with Crippen molar-refractivity contribution in [2.24, 2.45) is 0 Å². The normalized spacial score (nSPS) is 9.90. The smallest absolute Gasteiger partial charge is 0.147 e. The van der Waals surface area contributed by atoms with E-state index in [1.807, 2.05) is 6.07 Å². The van der Waals surface area contributed by atoms with Crippen LogP contribution in [0.3, 0.4) is 0 Å². The van der Waals surface area contributed by atoms with Crippen LogP contribution in [0.2, 0.25) is 0 Å². The molecule has 20 heavy (non-hydrogen) atoms. The van der Waals surface area contributed by atoms with E-state index in [-0.39, 0.29) is 5.82 Å². The van der Waals surface area contributed by atoms with Crippen LogP contribution in [0.25, 0.3) is 0 Å². The molecule has 5 heteroatoms. The average Bonchev–Trinajstić information content (AvgIpc) is 2.46. The Hall–Kier alpha value is -2.06. The number of methoxy groups -OCH3 is 1. The molecule has 0 saturated heterocycles. The molecule has 0 aliphatic heterocycles. The third kappa shape index (κ3) is 3.28. The van der Waals surface area contributed by atoms with Gasteiger partial charge in [0.15, 0.2) is 0 Å². The molecule has 1 N–H and O–H groups in total. The summed E-state index contributed by atoms with van der Waals surface area (Å²) in [6, 6.07) is 12.2. The maximum Gasteiger partial charge on any atom is 0.147 e. The summed E-state index contributed by atoms with van der Waals surface area (Å²) in [5.41, 5.74) is 1.81. The fourth-order valence-corrected chi connectivity index (χ4v) is 2.10. The third-order valence-corrected chi connectivity index (χ3v) is 3.29. The lowest BCUT2D eigenvalue weighted by Crippen LogP contribution is -2.02. The lowest BCUT2D eigenvalue weighted by atomic mass is 10.1. The molecule has 0 heterocycles. The van der Waals surface area contributed by atoms with E-state index in [1.54, 1.807) is 24.3 Å². The Morgan fingerprint density at radius 1 is 1.30 bits per heavy atom. The molecule has 0 unspecified atom stereocenters. The van der Waals surface area contributed by atoms with Gasteiger partial charge in [0.1, 0.15) is 17.6 Å². The summed E-state index contributed by atoms with van der Waals surface area (Å²) >= 11 is 3.21. The summed E-state index contributed by atoms with van der Waals surface area (Å²) in [6.45, 7) is 0.445. The van der Waals surface area contributed by atoms with Crippen molar-refractivity contribution in [2.75, 3.05) is 12.4 Å². The molecule has 0 fully saturated rings. The van der Waals surface area contributed by atoms with E-state index < -0.39 is 0 Å². The number of nitrogens with one attached hydrogen (secondary N) is 1. The fraction of sp³-hybridized carbons (Fsp3) is 0.133. The Morgan fingerprint density at radius 2 is 2.10 bits per heavy atom. The first-order valence-corrected chi connectivity index (χ1v) is 6.69.